The highest BCUT2D eigenvalue weighted by molar-refractivity contribution is 5.85. The Morgan fingerprint density at radius 2 is 1.92 bits per heavy atom. The van der Waals surface area contributed by atoms with Crippen LogP contribution < -0.4 is 5.56 Å². The summed E-state index contributed by atoms with van der Waals surface area (Å²) in [6.45, 7) is 5.98. The van der Waals surface area contributed by atoms with Crippen LogP contribution >= 0.6 is 0 Å². The fourth-order valence-electron chi connectivity index (χ4n) is 3.22. The van der Waals surface area contributed by atoms with E-state index in [-0.39, 0.29) is 11.0 Å². The van der Waals surface area contributed by atoms with E-state index in [1.54, 1.807) is 24.0 Å². The van der Waals surface area contributed by atoms with Crippen molar-refractivity contribution in [3.8, 4) is 17.6 Å². The van der Waals surface area contributed by atoms with E-state index in [4.69, 9.17) is 0 Å². The first-order valence-corrected chi connectivity index (χ1v) is 8.16. The van der Waals surface area contributed by atoms with Crippen LogP contribution in [0.25, 0.3) is 27.9 Å². The first kappa shape index (κ1) is 16.0. The van der Waals surface area contributed by atoms with Crippen molar-refractivity contribution in [2.75, 3.05) is 0 Å². The van der Waals surface area contributed by atoms with Crippen LogP contribution in [0.4, 0.5) is 0 Å². The highest BCUT2D eigenvalue weighted by Crippen LogP contribution is 2.32. The second kappa shape index (κ2) is 5.26. The van der Waals surface area contributed by atoms with E-state index in [1.165, 1.54) is 0 Å². The van der Waals surface area contributed by atoms with Crippen LogP contribution in [0.1, 0.15) is 26.5 Å². The van der Waals surface area contributed by atoms with Gasteiger partial charge < -0.3 is 0 Å². The lowest BCUT2D eigenvalue weighted by atomic mass is 9.90. The molecule has 0 fully saturated rings. The minimum absolute atomic E-state index is 0.122. The Labute approximate surface area is 148 Å². The second-order valence-electron chi connectivity index (χ2n) is 7.22. The summed E-state index contributed by atoms with van der Waals surface area (Å²) in [4.78, 5) is 17.3. The van der Waals surface area contributed by atoms with Crippen molar-refractivity contribution in [3.05, 3.63) is 46.6 Å². The van der Waals surface area contributed by atoms with Gasteiger partial charge in [-0.05, 0) is 12.1 Å². The third kappa shape index (κ3) is 2.07. The van der Waals surface area contributed by atoms with E-state index in [0.717, 1.165) is 10.2 Å². The predicted molar refractivity (Wildman–Crippen MR) is 96.7 cm³/mol. The average Bonchev–Trinajstić information content (AvgIpc) is 3.22. The van der Waals surface area contributed by atoms with E-state index in [9.17, 15) is 10.1 Å². The maximum atomic E-state index is 12.8. The Hall–Kier alpha value is -3.47. The Bertz CT molecular complexity index is 1260. The second-order valence-corrected chi connectivity index (χ2v) is 7.22. The molecule has 0 atom stereocenters. The van der Waals surface area contributed by atoms with Gasteiger partial charge in [-0.15, -0.1) is 9.78 Å². The van der Waals surface area contributed by atoms with E-state index in [0.29, 0.717) is 28.1 Å². The molecule has 0 radical (unpaired) electrons. The standard InChI is InChI=1S/C18H17N7O/c1-18(2,3)15-14(25(9-19)22-21-15)13-16-23(4)17(26)11-7-5-6-8-12(11)24(16)10-20-13/h5-8,10H,1-4H3. The van der Waals surface area contributed by atoms with Crippen LogP contribution in [0.3, 0.4) is 0 Å². The summed E-state index contributed by atoms with van der Waals surface area (Å²) in [5, 5.41) is 18.2. The topological polar surface area (TPSA) is 93.8 Å². The number of aryl methyl sites for hydroxylation is 1. The number of rotatable bonds is 1. The van der Waals surface area contributed by atoms with Gasteiger partial charge in [0, 0.05) is 12.5 Å². The third-order valence-corrected chi connectivity index (χ3v) is 4.46. The van der Waals surface area contributed by atoms with Gasteiger partial charge in [-0.3, -0.25) is 13.8 Å². The molecule has 0 spiro atoms. The van der Waals surface area contributed by atoms with E-state index < -0.39 is 0 Å². The SMILES string of the molecule is Cn1c(=O)c2ccccc2n2cnc(-c3c(C(C)(C)C)nnn3C#N)c12. The molecule has 0 saturated carbocycles. The van der Waals surface area contributed by atoms with Crippen LogP contribution in [0.15, 0.2) is 35.4 Å². The van der Waals surface area contributed by atoms with Crippen molar-refractivity contribution >= 4 is 16.6 Å². The number of para-hydroxylation sites is 1. The molecular formula is C18H17N7O. The fraction of sp³-hybridized carbons (Fsp3) is 0.278. The van der Waals surface area contributed by atoms with Gasteiger partial charge >= 0.3 is 0 Å². The van der Waals surface area contributed by atoms with Gasteiger partial charge in [0.2, 0.25) is 6.19 Å². The summed E-state index contributed by atoms with van der Waals surface area (Å²) in [6, 6.07) is 7.38. The number of benzene rings is 1. The van der Waals surface area contributed by atoms with Crippen LogP contribution in [0.5, 0.6) is 0 Å². The largest absolute Gasteiger partial charge is 0.295 e. The minimum atomic E-state index is -0.337. The predicted octanol–water partition coefficient (Wildman–Crippen LogP) is 2.07. The quantitative estimate of drug-likeness (QED) is 0.525. The normalized spacial score (nSPS) is 12.0. The molecule has 8 heteroatoms. The van der Waals surface area contributed by atoms with Crippen molar-refractivity contribution in [1.29, 1.82) is 5.26 Å². The third-order valence-electron chi connectivity index (χ3n) is 4.46. The van der Waals surface area contributed by atoms with Crippen LogP contribution in [-0.2, 0) is 12.5 Å². The van der Waals surface area contributed by atoms with Crippen molar-refractivity contribution in [1.82, 2.24) is 28.9 Å². The zero-order valence-electron chi connectivity index (χ0n) is 14.9. The highest BCUT2D eigenvalue weighted by atomic mass is 16.1. The molecule has 1 aromatic carbocycles. The van der Waals surface area contributed by atoms with Gasteiger partial charge in [-0.2, -0.15) is 5.26 Å². The Morgan fingerprint density at radius 1 is 1.19 bits per heavy atom. The van der Waals surface area contributed by atoms with Crippen molar-refractivity contribution in [3.63, 3.8) is 0 Å². The first-order valence-electron chi connectivity index (χ1n) is 8.16. The molecule has 0 aliphatic rings. The summed E-state index contributed by atoms with van der Waals surface area (Å²) < 4.78 is 4.56. The molecule has 0 unspecified atom stereocenters. The Morgan fingerprint density at radius 3 is 2.62 bits per heavy atom. The lowest BCUT2D eigenvalue weighted by molar-refractivity contribution is 0.568. The molecule has 3 aromatic heterocycles. The van der Waals surface area contributed by atoms with Crippen LogP contribution in [0.2, 0.25) is 0 Å². The molecule has 4 rings (SSSR count). The van der Waals surface area contributed by atoms with Gasteiger partial charge in [0.15, 0.2) is 0 Å². The maximum Gasteiger partial charge on any atom is 0.261 e. The van der Waals surface area contributed by atoms with Gasteiger partial charge in [0.1, 0.15) is 23.4 Å². The molecular weight excluding hydrogens is 330 g/mol. The smallest absolute Gasteiger partial charge is 0.261 e. The molecule has 0 saturated heterocycles. The zero-order chi connectivity index (χ0) is 18.6. The summed E-state index contributed by atoms with van der Waals surface area (Å²) in [7, 11) is 1.70. The van der Waals surface area contributed by atoms with Gasteiger partial charge in [-0.1, -0.05) is 38.1 Å². The number of nitrogens with zero attached hydrogens (tertiary/aromatic N) is 7. The molecule has 0 aliphatic carbocycles. The van der Waals surface area contributed by atoms with Gasteiger partial charge in [0.25, 0.3) is 5.56 Å². The molecule has 0 N–H and O–H groups in total. The molecule has 8 nitrogen and oxygen atoms in total. The highest BCUT2D eigenvalue weighted by Gasteiger charge is 2.29. The minimum Gasteiger partial charge on any atom is -0.295 e. The zero-order valence-corrected chi connectivity index (χ0v) is 14.9. The van der Waals surface area contributed by atoms with E-state index in [1.807, 2.05) is 49.6 Å². The molecule has 3 heterocycles. The summed E-state index contributed by atoms with van der Waals surface area (Å²) in [6.07, 6.45) is 3.68. The first-order chi connectivity index (χ1) is 12.3. The summed E-state index contributed by atoms with van der Waals surface area (Å²) in [5.74, 6) is 0. The van der Waals surface area contributed by atoms with Crippen LogP contribution in [-0.4, -0.2) is 28.9 Å². The van der Waals surface area contributed by atoms with E-state index >= 15 is 0 Å². The lowest BCUT2D eigenvalue weighted by Gasteiger charge is -2.16. The van der Waals surface area contributed by atoms with Gasteiger partial charge in [0.05, 0.1) is 16.6 Å². The average molecular weight is 347 g/mol. The number of aromatic nitrogens is 6. The van der Waals surface area contributed by atoms with Crippen molar-refractivity contribution < 1.29 is 0 Å². The summed E-state index contributed by atoms with van der Waals surface area (Å²) >= 11 is 0. The Balaban J connectivity index is 2.19. The number of fused-ring (bicyclic) bond motifs is 3. The van der Waals surface area contributed by atoms with Crippen molar-refractivity contribution in [2.24, 2.45) is 7.05 Å². The van der Waals surface area contributed by atoms with E-state index in [2.05, 4.69) is 15.3 Å². The number of nitriles is 1. The fourth-order valence-corrected chi connectivity index (χ4v) is 3.22. The lowest BCUT2D eigenvalue weighted by Crippen LogP contribution is -2.20. The van der Waals surface area contributed by atoms with Crippen LogP contribution in [0, 0.1) is 11.5 Å². The summed E-state index contributed by atoms with van der Waals surface area (Å²) in [5.41, 5.74) is 2.56. The molecule has 0 aliphatic heterocycles. The van der Waals surface area contributed by atoms with Crippen molar-refractivity contribution in [2.45, 2.75) is 26.2 Å². The number of hydrogen-bond donors (Lipinski definition) is 0. The molecule has 130 valence electrons. The van der Waals surface area contributed by atoms with Gasteiger partial charge in [-0.25, -0.2) is 4.98 Å². The molecule has 4 aromatic rings. The maximum absolute atomic E-state index is 12.8. The molecule has 0 amide bonds. The number of imidazole rings is 1. The molecule has 0 bridgehead atoms. The Kier molecular flexibility index (Phi) is 3.24. The monoisotopic (exact) mass is 347 g/mol. The molecule has 26 heavy (non-hydrogen) atoms. The number of hydrogen-bond acceptors (Lipinski definition) is 5.